The monoisotopic (exact) mass is 356 g/mol. The Hall–Kier alpha value is -1.80. The number of fused-ring (bicyclic) bond motifs is 1. The predicted octanol–water partition coefficient (Wildman–Crippen LogP) is 2.52. The van der Waals surface area contributed by atoms with Gasteiger partial charge in [-0.05, 0) is 25.0 Å². The van der Waals surface area contributed by atoms with Gasteiger partial charge in [0.05, 0.1) is 4.75 Å². The normalized spacial score (nSPS) is 17.8. The summed E-state index contributed by atoms with van der Waals surface area (Å²) in [7, 11) is -3.33. The molecule has 0 amide bonds. The Morgan fingerprint density at radius 3 is 2.67 bits per heavy atom. The molecule has 1 aliphatic heterocycles. The summed E-state index contributed by atoms with van der Waals surface area (Å²) in [6.45, 7) is 0.886. The summed E-state index contributed by atoms with van der Waals surface area (Å²) in [6, 6.07) is 3.54. The quantitative estimate of drug-likeness (QED) is 0.912. The van der Waals surface area contributed by atoms with Crippen LogP contribution in [-0.4, -0.2) is 44.2 Å². The van der Waals surface area contributed by atoms with Gasteiger partial charge in [0.15, 0.2) is 15.7 Å². The summed E-state index contributed by atoms with van der Waals surface area (Å²) < 4.78 is 56.2. The van der Waals surface area contributed by atoms with Gasteiger partial charge in [-0.1, -0.05) is 0 Å². The molecule has 2 aromatic rings. The molecule has 0 aliphatic carbocycles. The van der Waals surface area contributed by atoms with Gasteiger partial charge in [-0.25, -0.2) is 17.2 Å². The molecular weight excluding hydrogens is 338 g/mol. The van der Waals surface area contributed by atoms with Gasteiger partial charge in [0.2, 0.25) is 0 Å². The Morgan fingerprint density at radius 1 is 1.29 bits per heavy atom. The average Bonchev–Trinajstić information content (AvgIpc) is 2.53. The molecule has 1 aliphatic rings. The van der Waals surface area contributed by atoms with Crippen LogP contribution in [0.1, 0.15) is 12.8 Å². The van der Waals surface area contributed by atoms with Crippen molar-refractivity contribution in [2.24, 2.45) is 0 Å². The maximum Gasteiger partial charge on any atom is 0.155 e. The first kappa shape index (κ1) is 17.0. The lowest BCUT2D eigenvalue weighted by molar-refractivity contribution is 0.0777. The maximum absolute atomic E-state index is 13.8. The first-order chi connectivity index (χ1) is 11.3. The highest BCUT2D eigenvalue weighted by atomic mass is 32.2. The van der Waals surface area contributed by atoms with Crippen LogP contribution in [0.2, 0.25) is 0 Å². The molecule has 1 saturated heterocycles. The highest BCUT2D eigenvalue weighted by Crippen LogP contribution is 2.31. The molecule has 1 N–H and O–H groups in total. The zero-order valence-corrected chi connectivity index (χ0v) is 14.0. The van der Waals surface area contributed by atoms with Crippen molar-refractivity contribution >= 4 is 26.4 Å². The summed E-state index contributed by atoms with van der Waals surface area (Å²) in [5.74, 6) is -1.46. The van der Waals surface area contributed by atoms with Gasteiger partial charge < -0.3 is 10.1 Å². The fourth-order valence-corrected chi connectivity index (χ4v) is 4.25. The van der Waals surface area contributed by atoms with Crippen molar-refractivity contribution in [3.63, 3.8) is 0 Å². The van der Waals surface area contributed by atoms with Crippen LogP contribution in [0.25, 0.3) is 10.9 Å². The largest absolute Gasteiger partial charge is 0.383 e. The molecule has 0 unspecified atom stereocenters. The first-order valence-electron chi connectivity index (χ1n) is 7.57. The molecule has 0 saturated carbocycles. The highest BCUT2D eigenvalue weighted by Gasteiger charge is 2.42. The zero-order chi connectivity index (χ0) is 17.4. The topological polar surface area (TPSA) is 68.3 Å². The van der Waals surface area contributed by atoms with Crippen molar-refractivity contribution < 1.29 is 21.9 Å². The van der Waals surface area contributed by atoms with Crippen LogP contribution in [0.15, 0.2) is 24.4 Å². The predicted molar refractivity (Wildman–Crippen MR) is 87.8 cm³/mol. The van der Waals surface area contributed by atoms with Crippen LogP contribution in [-0.2, 0) is 14.6 Å². The smallest absolute Gasteiger partial charge is 0.155 e. The van der Waals surface area contributed by atoms with E-state index in [1.807, 2.05) is 0 Å². The number of benzene rings is 1. The number of sulfone groups is 1. The van der Waals surface area contributed by atoms with Crippen LogP contribution >= 0.6 is 0 Å². The number of nitrogens with zero attached hydrogens (tertiary/aromatic N) is 1. The lowest BCUT2D eigenvalue weighted by atomic mass is 9.98. The molecule has 0 radical (unpaired) electrons. The molecule has 24 heavy (non-hydrogen) atoms. The summed E-state index contributed by atoms with van der Waals surface area (Å²) in [5.41, 5.74) is 0.495. The lowest BCUT2D eigenvalue weighted by Gasteiger charge is -2.35. The minimum atomic E-state index is -3.33. The minimum absolute atomic E-state index is 0.0433. The first-order valence-corrected chi connectivity index (χ1v) is 9.47. The third-order valence-electron chi connectivity index (χ3n) is 4.55. The molecule has 0 bridgehead atoms. The Morgan fingerprint density at radius 2 is 2.00 bits per heavy atom. The van der Waals surface area contributed by atoms with Crippen molar-refractivity contribution in [2.75, 3.05) is 31.3 Å². The molecule has 8 heteroatoms. The van der Waals surface area contributed by atoms with Crippen LogP contribution in [0.4, 0.5) is 14.5 Å². The van der Waals surface area contributed by atoms with Crippen molar-refractivity contribution in [3.8, 4) is 0 Å². The van der Waals surface area contributed by atoms with E-state index in [-0.39, 0.29) is 17.4 Å². The second-order valence-electron chi connectivity index (χ2n) is 6.06. The van der Waals surface area contributed by atoms with Crippen LogP contribution < -0.4 is 5.32 Å². The van der Waals surface area contributed by atoms with Crippen molar-refractivity contribution in [1.29, 1.82) is 0 Å². The Labute approximate surface area is 139 Å². The van der Waals surface area contributed by atoms with Crippen LogP contribution in [0.3, 0.4) is 0 Å². The van der Waals surface area contributed by atoms with E-state index >= 15 is 0 Å². The SMILES string of the molecule is CS(=O)(=O)C1(CNc2ccnc3c(F)cc(F)cc23)CCOCC1. The van der Waals surface area contributed by atoms with Gasteiger partial charge in [-0.3, -0.25) is 4.98 Å². The average molecular weight is 356 g/mol. The van der Waals surface area contributed by atoms with E-state index in [1.165, 1.54) is 18.5 Å². The number of halogens is 2. The van der Waals surface area contributed by atoms with E-state index in [0.717, 1.165) is 6.07 Å². The number of hydrogen-bond donors (Lipinski definition) is 1. The van der Waals surface area contributed by atoms with Gasteiger partial charge in [-0.15, -0.1) is 0 Å². The molecule has 1 fully saturated rings. The fourth-order valence-electron chi connectivity index (χ4n) is 3.01. The summed E-state index contributed by atoms with van der Waals surface area (Å²) in [6.07, 6.45) is 3.38. The molecule has 5 nitrogen and oxygen atoms in total. The second-order valence-corrected chi connectivity index (χ2v) is 8.47. The molecule has 1 aromatic carbocycles. The number of ether oxygens (including phenoxy) is 1. The maximum atomic E-state index is 13.8. The second kappa shape index (κ2) is 6.25. The third-order valence-corrected chi connectivity index (χ3v) is 6.68. The standard InChI is InChI=1S/C16H18F2N2O3S/c1-24(21,22)16(3-6-23-7-4-16)10-20-14-2-5-19-15-12(14)8-11(17)9-13(15)18/h2,5,8-9H,3-4,6-7,10H2,1H3,(H,19,20). The number of pyridine rings is 1. The van der Waals surface area contributed by atoms with E-state index in [0.29, 0.717) is 31.7 Å². The Kier molecular flexibility index (Phi) is 4.44. The number of hydrogen-bond acceptors (Lipinski definition) is 5. The summed E-state index contributed by atoms with van der Waals surface area (Å²) in [4.78, 5) is 3.92. The molecular formula is C16H18F2N2O3S. The van der Waals surface area contributed by atoms with Crippen LogP contribution in [0, 0.1) is 11.6 Å². The van der Waals surface area contributed by atoms with Gasteiger partial charge in [0, 0.05) is 49.4 Å². The van der Waals surface area contributed by atoms with E-state index in [1.54, 1.807) is 6.07 Å². The van der Waals surface area contributed by atoms with Crippen molar-refractivity contribution in [2.45, 2.75) is 17.6 Å². The van der Waals surface area contributed by atoms with Gasteiger partial charge in [0.25, 0.3) is 0 Å². The van der Waals surface area contributed by atoms with Gasteiger partial charge in [0.1, 0.15) is 11.3 Å². The molecule has 130 valence electrons. The Balaban J connectivity index is 1.95. The molecule has 3 rings (SSSR count). The van der Waals surface area contributed by atoms with E-state index in [2.05, 4.69) is 10.3 Å². The lowest BCUT2D eigenvalue weighted by Crippen LogP contribution is -2.48. The highest BCUT2D eigenvalue weighted by molar-refractivity contribution is 7.92. The number of nitrogens with one attached hydrogen (secondary N) is 1. The van der Waals surface area contributed by atoms with Gasteiger partial charge >= 0.3 is 0 Å². The minimum Gasteiger partial charge on any atom is -0.383 e. The molecule has 2 heterocycles. The molecule has 1 aromatic heterocycles. The van der Waals surface area contributed by atoms with E-state index in [4.69, 9.17) is 4.74 Å². The van der Waals surface area contributed by atoms with Gasteiger partial charge in [-0.2, -0.15) is 0 Å². The molecule has 0 spiro atoms. The number of rotatable bonds is 4. The third kappa shape index (κ3) is 3.08. The zero-order valence-electron chi connectivity index (χ0n) is 13.2. The van der Waals surface area contributed by atoms with E-state index in [9.17, 15) is 17.2 Å². The number of anilines is 1. The number of aromatic nitrogens is 1. The fraction of sp³-hybridized carbons (Fsp3) is 0.438. The van der Waals surface area contributed by atoms with Crippen molar-refractivity contribution in [3.05, 3.63) is 36.0 Å². The molecule has 0 atom stereocenters. The summed E-state index contributed by atoms with van der Waals surface area (Å²) >= 11 is 0. The summed E-state index contributed by atoms with van der Waals surface area (Å²) in [5, 5.41) is 3.33. The van der Waals surface area contributed by atoms with Crippen LogP contribution in [0.5, 0.6) is 0 Å². The Bertz CT molecular complexity index is 865. The van der Waals surface area contributed by atoms with E-state index < -0.39 is 26.2 Å². The van der Waals surface area contributed by atoms with Crippen molar-refractivity contribution in [1.82, 2.24) is 4.98 Å².